The van der Waals surface area contributed by atoms with Gasteiger partial charge < -0.3 is 10.4 Å². The topological polar surface area (TPSA) is 75.1 Å². The van der Waals surface area contributed by atoms with E-state index in [1.807, 2.05) is 0 Å². The van der Waals surface area contributed by atoms with E-state index >= 15 is 0 Å². The molecule has 1 aromatic rings. The Labute approximate surface area is 112 Å². The molecular weight excluding hydrogens is 242 g/mol. The van der Waals surface area contributed by atoms with Crippen LogP contribution in [0.15, 0.2) is 6.33 Å². The molecule has 0 amide bonds. The van der Waals surface area contributed by atoms with Crippen LogP contribution < -0.4 is 5.32 Å². The first-order valence-corrected chi connectivity index (χ1v) is 7.06. The zero-order valence-corrected chi connectivity index (χ0v) is 10.9. The fourth-order valence-electron chi connectivity index (χ4n) is 3.22. The molecule has 1 saturated carbocycles. The minimum absolute atomic E-state index is 0.207. The highest BCUT2D eigenvalue weighted by atomic mass is 16.4. The lowest BCUT2D eigenvalue weighted by molar-refractivity contribution is -0.142. The molecule has 2 aliphatic rings. The molecule has 2 N–H and O–H groups in total. The van der Waals surface area contributed by atoms with Crippen molar-refractivity contribution in [2.45, 2.75) is 51.0 Å². The molecule has 0 bridgehead atoms. The van der Waals surface area contributed by atoms with Crippen molar-refractivity contribution in [2.75, 3.05) is 5.32 Å². The number of aliphatic carboxylic acids is 1. The summed E-state index contributed by atoms with van der Waals surface area (Å²) < 4.78 is 0. The van der Waals surface area contributed by atoms with Crippen molar-refractivity contribution in [3.8, 4) is 0 Å². The number of hydrogen-bond donors (Lipinski definition) is 2. The molecular formula is C14H19N3O2. The van der Waals surface area contributed by atoms with Crippen molar-refractivity contribution in [3.63, 3.8) is 0 Å². The van der Waals surface area contributed by atoms with Crippen LogP contribution in [0.2, 0.25) is 0 Å². The molecule has 3 rings (SSSR count). The van der Waals surface area contributed by atoms with Crippen molar-refractivity contribution in [3.05, 3.63) is 17.6 Å². The molecule has 19 heavy (non-hydrogen) atoms. The lowest BCUT2D eigenvalue weighted by Crippen LogP contribution is -2.31. The molecule has 2 unspecified atom stereocenters. The van der Waals surface area contributed by atoms with Gasteiger partial charge in [-0.2, -0.15) is 0 Å². The Hall–Kier alpha value is -1.65. The first-order chi connectivity index (χ1) is 9.24. The van der Waals surface area contributed by atoms with Gasteiger partial charge in [0.2, 0.25) is 0 Å². The van der Waals surface area contributed by atoms with Crippen LogP contribution in [0, 0.1) is 5.92 Å². The number of hydrogen-bond acceptors (Lipinski definition) is 4. The molecule has 2 aliphatic carbocycles. The van der Waals surface area contributed by atoms with Gasteiger partial charge >= 0.3 is 5.97 Å². The predicted molar refractivity (Wildman–Crippen MR) is 71.1 cm³/mol. The lowest BCUT2D eigenvalue weighted by Gasteiger charge is -2.28. The smallest absolute Gasteiger partial charge is 0.306 e. The molecule has 102 valence electrons. The van der Waals surface area contributed by atoms with Crippen LogP contribution in [-0.2, 0) is 17.6 Å². The average Bonchev–Trinajstić information content (AvgIpc) is 2.88. The van der Waals surface area contributed by atoms with E-state index in [-0.39, 0.29) is 12.0 Å². The molecule has 0 spiro atoms. The summed E-state index contributed by atoms with van der Waals surface area (Å²) in [6.07, 6.45) is 8.34. The average molecular weight is 261 g/mol. The van der Waals surface area contributed by atoms with Crippen molar-refractivity contribution < 1.29 is 9.90 Å². The molecule has 5 nitrogen and oxygen atoms in total. The number of aryl methyl sites for hydroxylation is 1. The predicted octanol–water partition coefficient (Wildman–Crippen LogP) is 2.02. The molecule has 0 aromatic carbocycles. The van der Waals surface area contributed by atoms with Gasteiger partial charge in [-0.15, -0.1) is 0 Å². The summed E-state index contributed by atoms with van der Waals surface area (Å²) in [6.45, 7) is 0. The third kappa shape index (κ3) is 2.55. The number of carboxylic acid groups (broad SMARTS) is 1. The molecule has 0 saturated heterocycles. The largest absolute Gasteiger partial charge is 0.481 e. The summed E-state index contributed by atoms with van der Waals surface area (Å²) in [5.41, 5.74) is 2.39. The number of carboxylic acids is 1. The fraction of sp³-hybridized carbons (Fsp3) is 0.643. The lowest BCUT2D eigenvalue weighted by atomic mass is 9.86. The van der Waals surface area contributed by atoms with Gasteiger partial charge in [-0.1, -0.05) is 6.42 Å². The Kier molecular flexibility index (Phi) is 3.36. The minimum Gasteiger partial charge on any atom is -0.481 e. The Morgan fingerprint density at radius 2 is 2.16 bits per heavy atom. The molecule has 0 aliphatic heterocycles. The van der Waals surface area contributed by atoms with Crippen molar-refractivity contribution >= 4 is 11.8 Å². The number of carbonyl (C=O) groups is 1. The first-order valence-electron chi connectivity index (χ1n) is 7.06. The van der Waals surface area contributed by atoms with Crippen LogP contribution in [0.4, 0.5) is 5.82 Å². The summed E-state index contributed by atoms with van der Waals surface area (Å²) in [6, 6.07) is 0.231. The molecule has 1 fully saturated rings. The minimum atomic E-state index is -0.667. The van der Waals surface area contributed by atoms with Crippen LogP contribution in [-0.4, -0.2) is 27.1 Å². The van der Waals surface area contributed by atoms with Gasteiger partial charge in [-0.3, -0.25) is 4.79 Å². The van der Waals surface area contributed by atoms with E-state index in [9.17, 15) is 4.79 Å². The van der Waals surface area contributed by atoms with Gasteiger partial charge in [-0.05, 0) is 38.5 Å². The monoisotopic (exact) mass is 261 g/mol. The Morgan fingerprint density at radius 3 is 3.00 bits per heavy atom. The van der Waals surface area contributed by atoms with E-state index in [1.54, 1.807) is 6.33 Å². The first kappa shape index (κ1) is 12.4. The highest BCUT2D eigenvalue weighted by molar-refractivity contribution is 5.70. The SMILES string of the molecule is O=C(O)C1CCCC(Nc2ncnc3c2CCC3)C1. The zero-order chi connectivity index (χ0) is 13.2. The summed E-state index contributed by atoms with van der Waals surface area (Å²) in [5.74, 6) is 0.0547. The van der Waals surface area contributed by atoms with E-state index in [2.05, 4.69) is 15.3 Å². The standard InChI is InChI=1S/C14H19N3O2/c18-14(19)9-3-1-4-10(7-9)17-13-11-5-2-6-12(11)15-8-16-13/h8-10H,1-7H2,(H,18,19)(H,15,16,17). The third-order valence-electron chi connectivity index (χ3n) is 4.24. The number of anilines is 1. The second-order valence-corrected chi connectivity index (χ2v) is 5.54. The maximum Gasteiger partial charge on any atom is 0.306 e. The van der Waals surface area contributed by atoms with Crippen molar-refractivity contribution in [1.29, 1.82) is 0 Å². The normalized spacial score (nSPS) is 25.9. The Bertz CT molecular complexity index is 490. The van der Waals surface area contributed by atoms with Crippen LogP contribution in [0.3, 0.4) is 0 Å². The summed E-state index contributed by atoms with van der Waals surface area (Å²) in [4.78, 5) is 19.7. The van der Waals surface area contributed by atoms with Gasteiger partial charge in [0.25, 0.3) is 0 Å². The molecule has 1 aromatic heterocycles. The highest BCUT2D eigenvalue weighted by Crippen LogP contribution is 2.30. The zero-order valence-electron chi connectivity index (χ0n) is 10.9. The molecule has 0 radical (unpaired) electrons. The number of nitrogens with zero attached hydrogens (tertiary/aromatic N) is 2. The Balaban J connectivity index is 1.71. The van der Waals surface area contributed by atoms with Crippen LogP contribution in [0.25, 0.3) is 0 Å². The number of aromatic nitrogens is 2. The number of rotatable bonds is 3. The highest BCUT2D eigenvalue weighted by Gasteiger charge is 2.28. The van der Waals surface area contributed by atoms with Gasteiger partial charge in [0.15, 0.2) is 0 Å². The summed E-state index contributed by atoms with van der Waals surface area (Å²) in [5, 5.41) is 12.6. The molecule has 2 atom stereocenters. The van der Waals surface area contributed by atoms with Crippen molar-refractivity contribution in [2.24, 2.45) is 5.92 Å². The summed E-state index contributed by atoms with van der Waals surface area (Å²) >= 11 is 0. The van der Waals surface area contributed by atoms with E-state index in [0.717, 1.165) is 50.0 Å². The van der Waals surface area contributed by atoms with Gasteiger partial charge in [0.1, 0.15) is 12.1 Å². The van der Waals surface area contributed by atoms with Gasteiger partial charge in [0, 0.05) is 17.3 Å². The quantitative estimate of drug-likeness (QED) is 0.870. The second kappa shape index (κ2) is 5.15. The van der Waals surface area contributed by atoms with Crippen LogP contribution in [0.1, 0.15) is 43.4 Å². The molecule has 5 heteroatoms. The Morgan fingerprint density at radius 1 is 1.26 bits per heavy atom. The number of fused-ring (bicyclic) bond motifs is 1. The van der Waals surface area contributed by atoms with E-state index in [1.165, 1.54) is 5.56 Å². The van der Waals surface area contributed by atoms with E-state index in [0.29, 0.717) is 6.42 Å². The van der Waals surface area contributed by atoms with Gasteiger partial charge in [0.05, 0.1) is 5.92 Å². The van der Waals surface area contributed by atoms with E-state index < -0.39 is 5.97 Å². The molecule has 1 heterocycles. The fourth-order valence-corrected chi connectivity index (χ4v) is 3.22. The third-order valence-corrected chi connectivity index (χ3v) is 4.24. The van der Waals surface area contributed by atoms with E-state index in [4.69, 9.17) is 5.11 Å². The van der Waals surface area contributed by atoms with Crippen LogP contribution in [0.5, 0.6) is 0 Å². The second-order valence-electron chi connectivity index (χ2n) is 5.54. The van der Waals surface area contributed by atoms with Gasteiger partial charge in [-0.25, -0.2) is 9.97 Å². The maximum absolute atomic E-state index is 11.1. The number of nitrogens with one attached hydrogen (secondary N) is 1. The summed E-state index contributed by atoms with van der Waals surface area (Å²) in [7, 11) is 0. The van der Waals surface area contributed by atoms with Crippen LogP contribution >= 0.6 is 0 Å². The maximum atomic E-state index is 11.1. The van der Waals surface area contributed by atoms with Crippen molar-refractivity contribution in [1.82, 2.24) is 9.97 Å².